The van der Waals surface area contributed by atoms with Gasteiger partial charge in [0.25, 0.3) is 0 Å². The van der Waals surface area contributed by atoms with Gasteiger partial charge in [0.05, 0.1) is 17.0 Å². The first-order chi connectivity index (χ1) is 10.7. The van der Waals surface area contributed by atoms with Crippen molar-refractivity contribution in [1.29, 1.82) is 0 Å². The van der Waals surface area contributed by atoms with Crippen LogP contribution in [0.3, 0.4) is 0 Å². The van der Waals surface area contributed by atoms with Gasteiger partial charge in [0.2, 0.25) is 5.91 Å². The monoisotopic (exact) mass is 317 g/mol. The second-order valence-corrected chi connectivity index (χ2v) is 7.19. The zero-order valence-corrected chi connectivity index (χ0v) is 14.1. The number of hydrogen-bond donors (Lipinski definition) is 0. The highest BCUT2D eigenvalue weighted by atomic mass is 32.2. The lowest BCUT2D eigenvalue weighted by Gasteiger charge is -2.36. The van der Waals surface area contributed by atoms with Crippen LogP contribution in [0.1, 0.15) is 39.5 Å². The molecule has 2 unspecified atom stereocenters. The van der Waals surface area contributed by atoms with E-state index in [-0.39, 0.29) is 11.2 Å². The molecule has 1 fully saturated rings. The summed E-state index contributed by atoms with van der Waals surface area (Å²) in [6.07, 6.45) is 8.43. The van der Waals surface area contributed by atoms with E-state index in [0.29, 0.717) is 6.04 Å². The summed E-state index contributed by atoms with van der Waals surface area (Å²) in [5.74, 6) is 0.254. The van der Waals surface area contributed by atoms with E-state index in [1.165, 1.54) is 6.42 Å². The van der Waals surface area contributed by atoms with Crippen LogP contribution < -0.4 is 0 Å². The van der Waals surface area contributed by atoms with Gasteiger partial charge in [-0.05, 0) is 44.7 Å². The summed E-state index contributed by atoms with van der Waals surface area (Å²) in [4.78, 5) is 19.3. The first-order valence-corrected chi connectivity index (χ1v) is 8.98. The van der Waals surface area contributed by atoms with E-state index >= 15 is 0 Å². The lowest BCUT2D eigenvalue weighted by molar-refractivity contribution is -0.134. The van der Waals surface area contributed by atoms with Crippen LogP contribution in [0.15, 0.2) is 35.7 Å². The number of carbonyl (C=O) groups is 1. The van der Waals surface area contributed by atoms with Gasteiger partial charge in [-0.3, -0.25) is 9.20 Å². The smallest absolute Gasteiger partial charge is 0.236 e. The number of aromatic nitrogens is 2. The molecule has 1 aliphatic heterocycles. The molecule has 3 rings (SSSR count). The van der Waals surface area contributed by atoms with Crippen LogP contribution >= 0.6 is 11.8 Å². The van der Waals surface area contributed by atoms with Crippen LogP contribution in [0.5, 0.6) is 0 Å². The minimum absolute atomic E-state index is 0.0991. The Morgan fingerprint density at radius 2 is 2.32 bits per heavy atom. The number of nitrogens with zero attached hydrogens (tertiary/aromatic N) is 3. The third-order valence-corrected chi connectivity index (χ3v) is 5.48. The first-order valence-electron chi connectivity index (χ1n) is 8.10. The maximum atomic E-state index is 12.8. The molecule has 1 amide bonds. The standard InChI is InChI=1S/C17H23N3OS/c1-3-14-8-4-6-10-19(14)16(21)13(2)22-17-18-12-15-9-5-7-11-20(15)17/h5,7,9,11-14H,3-4,6,8,10H2,1-2H3. The second-order valence-electron chi connectivity index (χ2n) is 5.89. The van der Waals surface area contributed by atoms with Gasteiger partial charge in [-0.2, -0.15) is 0 Å². The highest BCUT2D eigenvalue weighted by Crippen LogP contribution is 2.27. The minimum Gasteiger partial charge on any atom is -0.339 e. The molecule has 2 atom stereocenters. The Morgan fingerprint density at radius 3 is 3.14 bits per heavy atom. The molecule has 0 radical (unpaired) electrons. The maximum absolute atomic E-state index is 12.8. The number of rotatable bonds is 4. The van der Waals surface area contributed by atoms with Gasteiger partial charge in [-0.1, -0.05) is 24.8 Å². The van der Waals surface area contributed by atoms with Crippen molar-refractivity contribution >= 4 is 23.2 Å². The van der Waals surface area contributed by atoms with Crippen molar-refractivity contribution in [3.8, 4) is 0 Å². The molecule has 3 heterocycles. The summed E-state index contributed by atoms with van der Waals surface area (Å²) in [7, 11) is 0. The topological polar surface area (TPSA) is 37.6 Å². The van der Waals surface area contributed by atoms with Gasteiger partial charge in [-0.15, -0.1) is 0 Å². The van der Waals surface area contributed by atoms with E-state index in [0.717, 1.165) is 36.5 Å². The van der Waals surface area contributed by atoms with E-state index in [1.807, 2.05) is 41.9 Å². The number of thioether (sulfide) groups is 1. The summed E-state index contributed by atoms with van der Waals surface area (Å²) in [5, 5.41) is 0.791. The predicted molar refractivity (Wildman–Crippen MR) is 90.2 cm³/mol. The molecule has 1 saturated heterocycles. The molecule has 5 heteroatoms. The second kappa shape index (κ2) is 6.73. The molecule has 2 aromatic rings. The van der Waals surface area contributed by atoms with Crippen LogP contribution in [0.25, 0.3) is 5.52 Å². The van der Waals surface area contributed by atoms with Crippen molar-refractivity contribution in [3.05, 3.63) is 30.6 Å². The molecule has 2 aromatic heterocycles. The maximum Gasteiger partial charge on any atom is 0.236 e. The van der Waals surface area contributed by atoms with Gasteiger partial charge in [-0.25, -0.2) is 4.98 Å². The normalized spacial score (nSPS) is 20.3. The molecular formula is C17H23N3OS. The Hall–Kier alpha value is -1.49. The van der Waals surface area contributed by atoms with Gasteiger partial charge in [0, 0.05) is 18.8 Å². The number of imidazole rings is 1. The SMILES string of the molecule is CCC1CCCCN1C(=O)C(C)Sc1ncc2ccccn12. The van der Waals surface area contributed by atoms with E-state index in [2.05, 4.69) is 16.8 Å². The predicted octanol–water partition coefficient (Wildman–Crippen LogP) is 3.61. The van der Waals surface area contributed by atoms with Crippen molar-refractivity contribution in [3.63, 3.8) is 0 Å². The Kier molecular flexibility index (Phi) is 4.71. The van der Waals surface area contributed by atoms with Crippen LogP contribution in [-0.4, -0.2) is 38.0 Å². The van der Waals surface area contributed by atoms with E-state index in [1.54, 1.807) is 11.8 Å². The zero-order valence-electron chi connectivity index (χ0n) is 13.2. The average molecular weight is 317 g/mol. The summed E-state index contributed by atoms with van der Waals surface area (Å²) >= 11 is 1.55. The Bertz CT molecular complexity index is 654. The fourth-order valence-corrected chi connectivity index (χ4v) is 4.11. The minimum atomic E-state index is -0.0991. The fraction of sp³-hybridized carbons (Fsp3) is 0.529. The molecular weight excluding hydrogens is 294 g/mol. The van der Waals surface area contributed by atoms with Crippen molar-refractivity contribution < 1.29 is 4.79 Å². The number of piperidine rings is 1. The number of carbonyl (C=O) groups excluding carboxylic acids is 1. The molecule has 22 heavy (non-hydrogen) atoms. The molecule has 1 aliphatic rings. The molecule has 118 valence electrons. The number of fused-ring (bicyclic) bond motifs is 1. The lowest BCUT2D eigenvalue weighted by Crippen LogP contribution is -2.46. The third-order valence-electron chi connectivity index (χ3n) is 4.42. The Morgan fingerprint density at radius 1 is 1.45 bits per heavy atom. The summed E-state index contributed by atoms with van der Waals surface area (Å²) in [5.41, 5.74) is 1.06. The quantitative estimate of drug-likeness (QED) is 0.809. The van der Waals surface area contributed by atoms with Crippen molar-refractivity contribution in [2.75, 3.05) is 6.54 Å². The molecule has 0 aromatic carbocycles. The average Bonchev–Trinajstić information content (AvgIpc) is 2.97. The summed E-state index contributed by atoms with van der Waals surface area (Å²) in [6, 6.07) is 6.44. The van der Waals surface area contributed by atoms with Gasteiger partial charge >= 0.3 is 0 Å². The molecule has 0 N–H and O–H groups in total. The molecule has 0 saturated carbocycles. The highest BCUT2D eigenvalue weighted by molar-refractivity contribution is 8.00. The van der Waals surface area contributed by atoms with E-state index < -0.39 is 0 Å². The lowest BCUT2D eigenvalue weighted by atomic mass is 10.00. The third kappa shape index (κ3) is 3.00. The van der Waals surface area contributed by atoms with Crippen LogP contribution in [-0.2, 0) is 4.79 Å². The number of amides is 1. The number of pyridine rings is 1. The molecule has 0 bridgehead atoms. The van der Waals surface area contributed by atoms with E-state index in [9.17, 15) is 4.79 Å². The first kappa shape index (κ1) is 15.4. The summed E-state index contributed by atoms with van der Waals surface area (Å²) in [6.45, 7) is 5.08. The van der Waals surface area contributed by atoms with Gasteiger partial charge < -0.3 is 4.90 Å². The Balaban J connectivity index is 1.73. The Labute approximate surface area is 135 Å². The van der Waals surface area contributed by atoms with Crippen LogP contribution in [0.4, 0.5) is 0 Å². The molecule has 4 nitrogen and oxygen atoms in total. The number of hydrogen-bond acceptors (Lipinski definition) is 3. The molecule has 0 aliphatic carbocycles. The summed E-state index contributed by atoms with van der Waals surface area (Å²) < 4.78 is 2.04. The van der Waals surface area contributed by atoms with E-state index in [4.69, 9.17) is 0 Å². The van der Waals surface area contributed by atoms with Crippen LogP contribution in [0, 0.1) is 0 Å². The fourth-order valence-electron chi connectivity index (χ4n) is 3.16. The van der Waals surface area contributed by atoms with Crippen molar-refractivity contribution in [2.24, 2.45) is 0 Å². The highest BCUT2D eigenvalue weighted by Gasteiger charge is 2.29. The van der Waals surface area contributed by atoms with Crippen molar-refractivity contribution in [2.45, 2.75) is 56.0 Å². The van der Waals surface area contributed by atoms with Gasteiger partial charge in [0.1, 0.15) is 0 Å². The molecule has 0 spiro atoms. The van der Waals surface area contributed by atoms with Gasteiger partial charge in [0.15, 0.2) is 5.16 Å². The largest absolute Gasteiger partial charge is 0.339 e. The number of likely N-dealkylation sites (tertiary alicyclic amines) is 1. The zero-order chi connectivity index (χ0) is 15.5. The van der Waals surface area contributed by atoms with Crippen molar-refractivity contribution in [1.82, 2.24) is 14.3 Å². The van der Waals surface area contributed by atoms with Crippen LogP contribution in [0.2, 0.25) is 0 Å².